The van der Waals surface area contributed by atoms with E-state index in [0.717, 1.165) is 0 Å². The molecule has 4 rings (SSSR count). The number of hydrogen-bond acceptors (Lipinski definition) is 9. The number of fused-ring (bicyclic) bond motifs is 1. The number of benzene rings is 1. The molecule has 2 aliphatic rings. The van der Waals surface area contributed by atoms with Crippen LogP contribution in [0.2, 0.25) is 32.2 Å². The second-order valence-electron chi connectivity index (χ2n) is 12.2. The Bertz CT molecular complexity index is 1350. The summed E-state index contributed by atoms with van der Waals surface area (Å²) in [6.07, 6.45) is -1.46. The average molecular weight is 671 g/mol. The van der Waals surface area contributed by atoms with Crippen LogP contribution in [-0.2, 0) is 22.4 Å². The molecular formula is C29H41Cl2N3O7Si2. The van der Waals surface area contributed by atoms with E-state index in [9.17, 15) is 10.1 Å². The summed E-state index contributed by atoms with van der Waals surface area (Å²) < 4.78 is 40.9. The van der Waals surface area contributed by atoms with Crippen molar-refractivity contribution in [3.05, 3.63) is 51.0 Å². The van der Waals surface area contributed by atoms with E-state index in [0.29, 0.717) is 0 Å². The minimum absolute atomic E-state index is 0.0124. The number of para-hydroxylation sites is 1. The number of rotatable bonds is 9. The minimum atomic E-state index is -3.01. The summed E-state index contributed by atoms with van der Waals surface area (Å²) >= 11 is 12.5. The van der Waals surface area contributed by atoms with Gasteiger partial charge in [-0.25, -0.2) is 4.79 Å². The lowest BCUT2D eigenvalue weighted by Crippen LogP contribution is -2.66. The molecule has 2 fully saturated rings. The van der Waals surface area contributed by atoms with Crippen LogP contribution in [0.25, 0.3) is 0 Å². The van der Waals surface area contributed by atoms with Crippen LogP contribution in [0.3, 0.4) is 0 Å². The topological polar surface area (TPSA) is 114 Å². The highest BCUT2D eigenvalue weighted by atomic mass is 35.5. The third kappa shape index (κ3) is 6.61. The van der Waals surface area contributed by atoms with Crippen molar-refractivity contribution in [3.63, 3.8) is 0 Å². The summed E-state index contributed by atoms with van der Waals surface area (Å²) in [6.45, 7) is 17.1. The van der Waals surface area contributed by atoms with Gasteiger partial charge in [-0.1, -0.05) is 84.7 Å². The van der Waals surface area contributed by atoms with Crippen molar-refractivity contribution in [2.45, 2.75) is 102 Å². The molecule has 1 aromatic heterocycles. The fraction of sp³-hybridized carbons (Fsp3) is 0.621. The summed E-state index contributed by atoms with van der Waals surface area (Å²) in [5.41, 5.74) is -0.177. The number of ether oxygens (including phenoxy) is 3. The van der Waals surface area contributed by atoms with Gasteiger partial charge in [0, 0.05) is 12.3 Å². The second-order valence-corrected chi connectivity index (χ2v) is 21.8. The Balaban J connectivity index is 1.75. The molecule has 2 saturated heterocycles. The van der Waals surface area contributed by atoms with Crippen molar-refractivity contribution in [2.75, 3.05) is 13.2 Å². The zero-order chi connectivity index (χ0) is 31.7. The van der Waals surface area contributed by atoms with Crippen molar-refractivity contribution in [2.24, 2.45) is 0 Å². The summed E-state index contributed by atoms with van der Waals surface area (Å²) in [7, 11) is -5.82. The smallest absolute Gasteiger partial charge is 0.353 e. The molecule has 0 unspecified atom stereocenters. The Kier molecular flexibility index (Phi) is 10.8. The third-order valence-corrected chi connectivity index (χ3v) is 19.0. The van der Waals surface area contributed by atoms with Crippen LogP contribution in [0.4, 0.5) is 0 Å². The molecule has 3 heterocycles. The predicted molar refractivity (Wildman–Crippen MR) is 168 cm³/mol. The van der Waals surface area contributed by atoms with Crippen LogP contribution in [0.15, 0.2) is 35.3 Å². The first kappa shape index (κ1) is 34.1. The lowest BCUT2D eigenvalue weighted by Gasteiger charge is -2.51. The molecule has 0 spiro atoms. The van der Waals surface area contributed by atoms with Gasteiger partial charge in [0.1, 0.15) is 24.9 Å². The fourth-order valence-electron chi connectivity index (χ4n) is 5.99. The molecule has 2 aromatic rings. The highest BCUT2D eigenvalue weighted by Gasteiger charge is 2.62. The Morgan fingerprint density at radius 2 is 1.63 bits per heavy atom. The molecule has 4 atom stereocenters. The number of halogens is 2. The van der Waals surface area contributed by atoms with E-state index < -0.39 is 47.4 Å². The van der Waals surface area contributed by atoms with E-state index in [1.54, 1.807) is 18.2 Å². The van der Waals surface area contributed by atoms with Crippen LogP contribution in [0.1, 0.15) is 61.6 Å². The first-order valence-electron chi connectivity index (χ1n) is 14.6. The van der Waals surface area contributed by atoms with Gasteiger partial charge in [-0.2, -0.15) is 10.2 Å². The lowest BCUT2D eigenvalue weighted by atomic mass is 10.1. The molecule has 236 valence electrons. The number of nitriles is 1. The molecule has 2 aliphatic heterocycles. The molecule has 0 radical (unpaired) electrons. The van der Waals surface area contributed by atoms with Crippen molar-refractivity contribution in [1.82, 2.24) is 9.55 Å². The van der Waals surface area contributed by atoms with Gasteiger partial charge in [0.25, 0.3) is 0 Å². The first-order valence-corrected chi connectivity index (χ1v) is 19.3. The van der Waals surface area contributed by atoms with Crippen LogP contribution in [-0.4, -0.2) is 58.2 Å². The van der Waals surface area contributed by atoms with E-state index in [1.807, 2.05) is 6.07 Å². The number of hydrogen-bond donors (Lipinski definition) is 0. The quantitative estimate of drug-likeness (QED) is 0.258. The van der Waals surface area contributed by atoms with Crippen LogP contribution in [0, 0.1) is 11.3 Å². The standard InChI is InChI=1S/C29H41Cl2N3O7Si2/c1-17(2)42(18(3)4)37-16-23-26(40-43(41-42,19(5)6)20(7)8)27(36-15-13-32)28(38-23)34-14-12-24(33-29(34)35)39-25-21(30)10-9-11-22(25)31/h9-12,14,17-20,23,26-28H,15-16H2,1-8H3/t23-,26-,27-,28-/m1/s1. The molecule has 14 heteroatoms. The van der Waals surface area contributed by atoms with Gasteiger partial charge >= 0.3 is 22.8 Å². The van der Waals surface area contributed by atoms with E-state index >= 15 is 0 Å². The van der Waals surface area contributed by atoms with Crippen molar-refractivity contribution in [3.8, 4) is 17.7 Å². The molecule has 0 saturated carbocycles. The SMILES string of the molecule is CC(C)[Si]1(C(C)C)OC[C@H]2O[C@@H](n3ccc(Oc4c(Cl)cccc4Cl)nc3=O)[C@H](OCC#N)[C@@H]2O[Si](C(C)C)(C(C)C)O1. The van der Waals surface area contributed by atoms with Gasteiger partial charge < -0.3 is 27.2 Å². The zero-order valence-corrected chi connectivity index (χ0v) is 29.4. The molecule has 0 amide bonds. The Morgan fingerprint density at radius 1 is 1.02 bits per heavy atom. The van der Waals surface area contributed by atoms with Gasteiger partial charge in [0.05, 0.1) is 22.7 Å². The predicted octanol–water partition coefficient (Wildman–Crippen LogP) is 7.10. The Morgan fingerprint density at radius 3 is 2.16 bits per heavy atom. The van der Waals surface area contributed by atoms with Crippen molar-refractivity contribution >= 4 is 40.3 Å². The largest absolute Gasteiger partial charge is 0.436 e. The third-order valence-electron chi connectivity index (χ3n) is 8.16. The number of nitrogens with zero attached hydrogens (tertiary/aromatic N) is 3. The molecule has 43 heavy (non-hydrogen) atoms. The van der Waals surface area contributed by atoms with Crippen molar-refractivity contribution < 1.29 is 27.2 Å². The normalized spacial score (nSPS) is 25.0. The average Bonchev–Trinajstić information content (AvgIpc) is 3.24. The lowest BCUT2D eigenvalue weighted by molar-refractivity contribution is -0.0677. The van der Waals surface area contributed by atoms with Gasteiger partial charge in [0.15, 0.2) is 12.0 Å². The fourth-order valence-corrected chi connectivity index (χ4v) is 17.7. The Labute approximate surface area is 265 Å². The summed E-state index contributed by atoms with van der Waals surface area (Å²) in [6, 6.07) is 8.49. The van der Waals surface area contributed by atoms with E-state index in [-0.39, 0.29) is 57.1 Å². The highest BCUT2D eigenvalue weighted by Crippen LogP contribution is 2.48. The number of aromatic nitrogens is 2. The van der Waals surface area contributed by atoms with Gasteiger partial charge in [-0.05, 0) is 34.3 Å². The first-order chi connectivity index (χ1) is 20.3. The van der Waals surface area contributed by atoms with E-state index in [1.165, 1.54) is 16.8 Å². The highest BCUT2D eigenvalue weighted by molar-refractivity contribution is 6.84. The molecular weight excluding hydrogens is 629 g/mol. The van der Waals surface area contributed by atoms with E-state index in [2.05, 4.69) is 60.4 Å². The van der Waals surface area contributed by atoms with Crippen molar-refractivity contribution in [1.29, 1.82) is 5.26 Å². The van der Waals surface area contributed by atoms with E-state index in [4.69, 9.17) is 50.4 Å². The zero-order valence-electron chi connectivity index (χ0n) is 25.9. The maximum Gasteiger partial charge on any atom is 0.353 e. The maximum absolute atomic E-state index is 13.4. The van der Waals surface area contributed by atoms with Crippen LogP contribution < -0.4 is 10.4 Å². The molecule has 1 aromatic carbocycles. The van der Waals surface area contributed by atoms with Gasteiger partial charge in [0.2, 0.25) is 5.88 Å². The van der Waals surface area contributed by atoms with Gasteiger partial charge in [-0.3, -0.25) is 4.57 Å². The summed E-state index contributed by atoms with van der Waals surface area (Å²) in [4.78, 5) is 17.5. The minimum Gasteiger partial charge on any atom is -0.436 e. The van der Waals surface area contributed by atoms with Gasteiger partial charge in [-0.15, -0.1) is 0 Å². The molecule has 10 nitrogen and oxygen atoms in total. The summed E-state index contributed by atoms with van der Waals surface area (Å²) in [5.74, 6) is 0.206. The molecule has 0 N–H and O–H groups in total. The van der Waals surface area contributed by atoms with Crippen LogP contribution >= 0.6 is 23.2 Å². The monoisotopic (exact) mass is 669 g/mol. The summed E-state index contributed by atoms with van der Waals surface area (Å²) in [5, 5.41) is 9.98. The maximum atomic E-state index is 13.4. The second kappa shape index (κ2) is 13.7. The van der Waals surface area contributed by atoms with Crippen LogP contribution in [0.5, 0.6) is 11.6 Å². The molecule has 0 bridgehead atoms. The Hall–Kier alpha value is -1.80. The molecule has 0 aliphatic carbocycles.